The highest BCUT2D eigenvalue weighted by Gasteiger charge is 2.39. The summed E-state index contributed by atoms with van der Waals surface area (Å²) >= 11 is 0. The third-order valence-corrected chi connectivity index (χ3v) is 5.80. The molecule has 2 saturated heterocycles. The maximum absolute atomic E-state index is 11.6. The van der Waals surface area contributed by atoms with Crippen LogP contribution in [0.15, 0.2) is 24.3 Å². The van der Waals surface area contributed by atoms with Crippen molar-refractivity contribution in [2.24, 2.45) is 17.6 Å². The summed E-state index contributed by atoms with van der Waals surface area (Å²) in [6.45, 7) is 5.42. The molecule has 2 atom stereocenters. The number of para-hydroxylation sites is 1. The van der Waals surface area contributed by atoms with E-state index in [2.05, 4.69) is 16.0 Å². The molecule has 1 aromatic carbocycles. The largest absolute Gasteiger partial charge is 0.377 e. The van der Waals surface area contributed by atoms with Crippen molar-refractivity contribution in [1.82, 2.24) is 14.9 Å². The number of nitrogens with two attached hydrogens (primary N) is 1. The lowest BCUT2D eigenvalue weighted by Gasteiger charge is -2.35. The van der Waals surface area contributed by atoms with Gasteiger partial charge in [-0.2, -0.15) is 0 Å². The predicted molar refractivity (Wildman–Crippen MR) is 99.3 cm³/mol. The smallest absolute Gasteiger partial charge is 0.223 e. The van der Waals surface area contributed by atoms with E-state index in [-0.39, 0.29) is 17.9 Å². The van der Waals surface area contributed by atoms with Gasteiger partial charge in [-0.3, -0.25) is 9.69 Å². The Morgan fingerprint density at radius 3 is 2.77 bits per heavy atom. The van der Waals surface area contributed by atoms with Crippen LogP contribution >= 0.6 is 0 Å². The lowest BCUT2D eigenvalue weighted by Crippen LogP contribution is -2.42. The van der Waals surface area contributed by atoms with Crippen LogP contribution in [-0.2, 0) is 16.1 Å². The molecule has 1 amide bonds. The molecule has 2 aromatic rings. The Balaban J connectivity index is 1.39. The third-order valence-electron chi connectivity index (χ3n) is 5.80. The van der Waals surface area contributed by atoms with E-state index in [1.54, 1.807) is 0 Å². The average Bonchev–Trinajstić information content (AvgIpc) is 3.12. The first-order chi connectivity index (χ1) is 12.6. The van der Waals surface area contributed by atoms with Crippen molar-refractivity contribution in [3.05, 3.63) is 35.8 Å². The zero-order valence-corrected chi connectivity index (χ0v) is 15.2. The Morgan fingerprint density at radius 2 is 2.00 bits per heavy atom. The molecule has 3 heterocycles. The van der Waals surface area contributed by atoms with Crippen molar-refractivity contribution >= 4 is 16.8 Å². The Kier molecular flexibility index (Phi) is 4.87. The summed E-state index contributed by atoms with van der Waals surface area (Å²) in [5, 5.41) is 1.12. The summed E-state index contributed by atoms with van der Waals surface area (Å²) in [6.07, 6.45) is 2.83. The van der Waals surface area contributed by atoms with Crippen molar-refractivity contribution < 1.29 is 9.53 Å². The predicted octanol–water partition coefficient (Wildman–Crippen LogP) is 2.04. The zero-order chi connectivity index (χ0) is 18.1. The van der Waals surface area contributed by atoms with E-state index in [4.69, 9.17) is 15.5 Å². The van der Waals surface area contributed by atoms with Gasteiger partial charge in [-0.1, -0.05) is 18.2 Å². The monoisotopic (exact) mass is 354 g/mol. The van der Waals surface area contributed by atoms with E-state index >= 15 is 0 Å². The molecule has 2 aliphatic heterocycles. The molecule has 1 aromatic heterocycles. The minimum atomic E-state index is -0.213. The fourth-order valence-electron chi connectivity index (χ4n) is 4.39. The highest BCUT2D eigenvalue weighted by molar-refractivity contribution is 5.80. The van der Waals surface area contributed by atoms with Crippen LogP contribution in [0.25, 0.3) is 10.9 Å². The van der Waals surface area contributed by atoms with Crippen molar-refractivity contribution in [1.29, 1.82) is 0 Å². The number of carbonyl (C=O) groups excluding carboxylic acids is 1. The molecule has 26 heavy (non-hydrogen) atoms. The number of likely N-dealkylation sites (tertiary alicyclic amines) is 1. The number of aryl methyl sites for hydroxylation is 1. The normalized spacial score (nSPS) is 25.0. The number of ether oxygens (including phenoxy) is 1. The van der Waals surface area contributed by atoms with Gasteiger partial charge in [-0.05, 0) is 51.3 Å². The highest BCUT2D eigenvalue weighted by Crippen LogP contribution is 2.33. The number of nitrogens with zero attached hydrogens (tertiary/aromatic N) is 3. The lowest BCUT2D eigenvalue weighted by molar-refractivity contribution is -0.124. The van der Waals surface area contributed by atoms with E-state index in [9.17, 15) is 4.79 Å². The van der Waals surface area contributed by atoms with Gasteiger partial charge in [0, 0.05) is 17.7 Å². The van der Waals surface area contributed by atoms with Crippen molar-refractivity contribution in [2.75, 3.05) is 19.7 Å². The van der Waals surface area contributed by atoms with E-state index in [0.717, 1.165) is 61.3 Å². The minimum Gasteiger partial charge on any atom is -0.377 e. The number of hydrogen-bond donors (Lipinski definition) is 1. The number of aromatic nitrogens is 2. The molecule has 0 radical (unpaired) electrons. The maximum atomic E-state index is 11.6. The second-order valence-electron chi connectivity index (χ2n) is 7.49. The van der Waals surface area contributed by atoms with Crippen LogP contribution < -0.4 is 5.73 Å². The number of benzene rings is 1. The van der Waals surface area contributed by atoms with Gasteiger partial charge in [0.1, 0.15) is 5.82 Å². The van der Waals surface area contributed by atoms with Gasteiger partial charge in [0.05, 0.1) is 24.1 Å². The number of primary amides is 1. The molecular formula is C20H26N4O2. The molecule has 0 unspecified atom stereocenters. The summed E-state index contributed by atoms with van der Waals surface area (Å²) in [5.74, 6) is 0.977. The molecule has 6 heteroatoms. The molecular weight excluding hydrogens is 328 g/mol. The highest BCUT2D eigenvalue weighted by atomic mass is 16.5. The first kappa shape index (κ1) is 17.4. The van der Waals surface area contributed by atoms with Crippen LogP contribution in [0, 0.1) is 18.8 Å². The molecule has 4 rings (SSSR count). The topological polar surface area (TPSA) is 81.3 Å². The van der Waals surface area contributed by atoms with Gasteiger partial charge in [-0.15, -0.1) is 0 Å². The number of amides is 1. The van der Waals surface area contributed by atoms with E-state index < -0.39 is 0 Å². The summed E-state index contributed by atoms with van der Waals surface area (Å²) in [4.78, 5) is 23.4. The average molecular weight is 354 g/mol. The second kappa shape index (κ2) is 7.29. The molecule has 0 saturated carbocycles. The first-order valence-electron chi connectivity index (χ1n) is 9.47. The number of fused-ring (bicyclic) bond motifs is 1. The molecule has 138 valence electrons. The van der Waals surface area contributed by atoms with Gasteiger partial charge in [0.25, 0.3) is 0 Å². The van der Waals surface area contributed by atoms with Crippen LogP contribution in [0.4, 0.5) is 0 Å². The Bertz CT molecular complexity index is 801. The number of hydrogen-bond acceptors (Lipinski definition) is 5. The van der Waals surface area contributed by atoms with Crippen LogP contribution in [0.5, 0.6) is 0 Å². The van der Waals surface area contributed by atoms with Crippen molar-refractivity contribution in [3.8, 4) is 0 Å². The second-order valence-corrected chi connectivity index (χ2v) is 7.49. The number of carbonyl (C=O) groups is 1. The van der Waals surface area contributed by atoms with Gasteiger partial charge in [0.15, 0.2) is 0 Å². The molecule has 0 bridgehead atoms. The molecule has 0 spiro atoms. The molecule has 2 aliphatic rings. The summed E-state index contributed by atoms with van der Waals surface area (Å²) in [7, 11) is 0. The summed E-state index contributed by atoms with van der Waals surface area (Å²) in [6, 6.07) is 8.15. The quantitative estimate of drug-likeness (QED) is 0.909. The van der Waals surface area contributed by atoms with E-state index in [1.807, 2.05) is 25.1 Å². The van der Waals surface area contributed by atoms with Crippen molar-refractivity contribution in [2.45, 2.75) is 38.8 Å². The SMILES string of the molecule is Cc1nc(CN2CCC([C@H]3OCC[C@@H]3C(N)=O)CC2)nc2ccccc12. The Labute approximate surface area is 153 Å². The van der Waals surface area contributed by atoms with Crippen molar-refractivity contribution in [3.63, 3.8) is 0 Å². The minimum absolute atomic E-state index is 0.00816. The Morgan fingerprint density at radius 1 is 1.23 bits per heavy atom. The fraction of sp³-hybridized carbons (Fsp3) is 0.550. The van der Waals surface area contributed by atoms with Crippen LogP contribution in [-0.4, -0.2) is 46.6 Å². The van der Waals surface area contributed by atoms with Gasteiger partial charge in [0.2, 0.25) is 5.91 Å². The summed E-state index contributed by atoms with van der Waals surface area (Å²) < 4.78 is 5.84. The number of rotatable bonds is 4. The zero-order valence-electron chi connectivity index (χ0n) is 15.2. The Hall–Kier alpha value is -2.05. The standard InChI is InChI=1S/C20H26N4O2/c1-13-15-4-2-3-5-17(15)23-18(22-13)12-24-9-6-14(7-10-24)19-16(20(21)25)8-11-26-19/h2-5,14,16,19H,6-12H2,1H3,(H2,21,25)/t16-,19+/m0/s1. The molecule has 6 nitrogen and oxygen atoms in total. The molecule has 0 aliphatic carbocycles. The van der Waals surface area contributed by atoms with Gasteiger partial charge >= 0.3 is 0 Å². The van der Waals surface area contributed by atoms with Crippen LogP contribution in [0.1, 0.15) is 30.8 Å². The maximum Gasteiger partial charge on any atom is 0.223 e. The van der Waals surface area contributed by atoms with E-state index in [1.165, 1.54) is 0 Å². The third kappa shape index (κ3) is 3.44. The molecule has 2 N–H and O–H groups in total. The molecule has 2 fully saturated rings. The van der Waals surface area contributed by atoms with Crippen LogP contribution in [0.2, 0.25) is 0 Å². The fourth-order valence-corrected chi connectivity index (χ4v) is 4.39. The first-order valence-corrected chi connectivity index (χ1v) is 9.47. The van der Waals surface area contributed by atoms with Gasteiger partial charge < -0.3 is 10.5 Å². The lowest BCUT2D eigenvalue weighted by atomic mass is 9.84. The number of piperidine rings is 1. The summed E-state index contributed by atoms with van der Waals surface area (Å²) in [5.41, 5.74) is 7.58. The van der Waals surface area contributed by atoms with Gasteiger partial charge in [-0.25, -0.2) is 9.97 Å². The van der Waals surface area contributed by atoms with E-state index in [0.29, 0.717) is 12.5 Å². The van der Waals surface area contributed by atoms with Crippen LogP contribution in [0.3, 0.4) is 0 Å².